The summed E-state index contributed by atoms with van der Waals surface area (Å²) in [5.74, 6) is 0.321. The van der Waals surface area contributed by atoms with Crippen molar-refractivity contribution in [3.63, 3.8) is 0 Å². The molecule has 1 fully saturated rings. The fourth-order valence-electron chi connectivity index (χ4n) is 2.19. The first-order chi connectivity index (χ1) is 10.2. The van der Waals surface area contributed by atoms with Crippen LogP contribution in [0.3, 0.4) is 0 Å². The lowest BCUT2D eigenvalue weighted by atomic mass is 10.0. The van der Waals surface area contributed by atoms with Gasteiger partial charge in [0, 0.05) is 18.8 Å². The quantitative estimate of drug-likeness (QED) is 0.753. The van der Waals surface area contributed by atoms with Crippen molar-refractivity contribution < 1.29 is 14.3 Å². The summed E-state index contributed by atoms with van der Waals surface area (Å²) in [6, 6.07) is 6.91. The van der Waals surface area contributed by atoms with Crippen LogP contribution in [0, 0.1) is 0 Å². The van der Waals surface area contributed by atoms with Crippen LogP contribution in [0.15, 0.2) is 24.3 Å². The number of carbonyl (C=O) groups excluding carboxylic acids is 2. The molecule has 6 heteroatoms. The number of rotatable bonds is 5. The topological polar surface area (TPSA) is 79.5 Å². The predicted octanol–water partition coefficient (Wildman–Crippen LogP) is 0.892. The largest absolute Gasteiger partial charge is 0.484 e. The van der Waals surface area contributed by atoms with Gasteiger partial charge in [0.1, 0.15) is 5.75 Å². The third kappa shape index (κ3) is 4.75. The van der Waals surface area contributed by atoms with Crippen LogP contribution in [0.1, 0.15) is 19.3 Å². The van der Waals surface area contributed by atoms with Gasteiger partial charge >= 0.3 is 0 Å². The van der Waals surface area contributed by atoms with Gasteiger partial charge in [-0.2, -0.15) is 0 Å². The van der Waals surface area contributed by atoms with E-state index in [0.717, 1.165) is 25.8 Å². The molecule has 0 bridgehead atoms. The normalized spacial score (nSPS) is 17.9. The van der Waals surface area contributed by atoms with E-state index in [1.165, 1.54) is 0 Å². The van der Waals surface area contributed by atoms with E-state index in [1.54, 1.807) is 31.3 Å². The van der Waals surface area contributed by atoms with Crippen LogP contribution in [0.2, 0.25) is 0 Å². The van der Waals surface area contributed by atoms with Crippen molar-refractivity contribution in [1.29, 1.82) is 0 Å². The maximum Gasteiger partial charge on any atom is 0.257 e. The number of nitrogens with one attached hydrogen (secondary N) is 3. The van der Waals surface area contributed by atoms with E-state index < -0.39 is 0 Å². The van der Waals surface area contributed by atoms with Gasteiger partial charge in [0.15, 0.2) is 6.61 Å². The maximum absolute atomic E-state index is 12.1. The van der Waals surface area contributed by atoms with Gasteiger partial charge in [-0.05, 0) is 31.5 Å². The van der Waals surface area contributed by atoms with Crippen molar-refractivity contribution in [2.75, 3.05) is 25.5 Å². The molecule has 2 rings (SSSR count). The SMILES string of the molecule is CNC(=O)COc1cccc(NC(=O)C2CCCCN2)c1. The fourth-order valence-corrected chi connectivity index (χ4v) is 2.19. The highest BCUT2D eigenvalue weighted by Crippen LogP contribution is 2.18. The summed E-state index contributed by atoms with van der Waals surface area (Å²) in [5, 5.41) is 8.56. The molecule has 114 valence electrons. The number of piperidine rings is 1. The molecule has 3 N–H and O–H groups in total. The molecule has 1 aliphatic rings. The number of ether oxygens (including phenoxy) is 1. The molecular formula is C15H21N3O3. The Morgan fingerprint density at radius 3 is 2.95 bits per heavy atom. The monoisotopic (exact) mass is 291 g/mol. The molecule has 1 aromatic carbocycles. The van der Waals surface area contributed by atoms with Crippen LogP contribution < -0.4 is 20.7 Å². The lowest BCUT2D eigenvalue weighted by Crippen LogP contribution is -2.43. The number of likely N-dealkylation sites (N-methyl/N-ethyl adjacent to an activating group) is 1. The standard InChI is InChI=1S/C15H21N3O3/c1-16-14(19)10-21-12-6-4-5-11(9-12)18-15(20)13-7-2-3-8-17-13/h4-6,9,13,17H,2-3,7-8,10H2,1H3,(H,16,19)(H,18,20). The molecule has 1 atom stereocenters. The van der Waals surface area contributed by atoms with E-state index >= 15 is 0 Å². The minimum atomic E-state index is -0.198. The predicted molar refractivity (Wildman–Crippen MR) is 80.3 cm³/mol. The van der Waals surface area contributed by atoms with Crippen LogP contribution >= 0.6 is 0 Å². The molecule has 1 heterocycles. The highest BCUT2D eigenvalue weighted by molar-refractivity contribution is 5.95. The van der Waals surface area contributed by atoms with Crippen molar-refractivity contribution in [2.45, 2.75) is 25.3 Å². The number of carbonyl (C=O) groups is 2. The fraction of sp³-hybridized carbons (Fsp3) is 0.467. The molecule has 0 aliphatic carbocycles. The van der Waals surface area contributed by atoms with Gasteiger partial charge in [-0.1, -0.05) is 12.5 Å². The smallest absolute Gasteiger partial charge is 0.257 e. The van der Waals surface area contributed by atoms with E-state index in [4.69, 9.17) is 4.74 Å². The van der Waals surface area contributed by atoms with E-state index in [0.29, 0.717) is 11.4 Å². The summed E-state index contributed by atoms with van der Waals surface area (Å²) in [6.45, 7) is 0.839. The van der Waals surface area contributed by atoms with Gasteiger partial charge in [-0.3, -0.25) is 9.59 Å². The summed E-state index contributed by atoms with van der Waals surface area (Å²) in [4.78, 5) is 23.3. The highest BCUT2D eigenvalue weighted by Gasteiger charge is 2.20. The number of anilines is 1. The summed E-state index contributed by atoms with van der Waals surface area (Å²) < 4.78 is 5.35. The van der Waals surface area contributed by atoms with E-state index in [-0.39, 0.29) is 24.5 Å². The first kappa shape index (κ1) is 15.3. The molecule has 2 amide bonds. The third-order valence-corrected chi connectivity index (χ3v) is 3.38. The Labute approximate surface area is 124 Å². The van der Waals surface area contributed by atoms with Crippen molar-refractivity contribution in [2.24, 2.45) is 0 Å². The molecular weight excluding hydrogens is 270 g/mol. The molecule has 0 radical (unpaired) electrons. The molecule has 0 spiro atoms. The Morgan fingerprint density at radius 1 is 1.38 bits per heavy atom. The van der Waals surface area contributed by atoms with Gasteiger partial charge in [0.2, 0.25) is 5.91 Å². The van der Waals surface area contributed by atoms with Crippen molar-refractivity contribution >= 4 is 17.5 Å². The van der Waals surface area contributed by atoms with Crippen molar-refractivity contribution in [1.82, 2.24) is 10.6 Å². The van der Waals surface area contributed by atoms with Gasteiger partial charge in [-0.15, -0.1) is 0 Å². The summed E-state index contributed by atoms with van der Waals surface area (Å²) >= 11 is 0. The maximum atomic E-state index is 12.1. The lowest BCUT2D eigenvalue weighted by Gasteiger charge is -2.22. The molecule has 1 saturated heterocycles. The van der Waals surface area contributed by atoms with Crippen LogP contribution in [0.5, 0.6) is 5.75 Å². The molecule has 0 saturated carbocycles. The van der Waals surface area contributed by atoms with Crippen molar-refractivity contribution in [3.05, 3.63) is 24.3 Å². The molecule has 1 unspecified atom stereocenters. The van der Waals surface area contributed by atoms with Crippen LogP contribution in [-0.2, 0) is 9.59 Å². The van der Waals surface area contributed by atoms with Gasteiger partial charge < -0.3 is 20.7 Å². The molecule has 6 nitrogen and oxygen atoms in total. The second kappa shape index (κ2) is 7.64. The summed E-state index contributed by atoms with van der Waals surface area (Å²) in [6.07, 6.45) is 3.05. The van der Waals surface area contributed by atoms with Gasteiger partial charge in [0.25, 0.3) is 5.91 Å². The Morgan fingerprint density at radius 2 is 2.24 bits per heavy atom. The van der Waals surface area contributed by atoms with Gasteiger partial charge in [0.05, 0.1) is 6.04 Å². The molecule has 0 aromatic heterocycles. The summed E-state index contributed by atoms with van der Waals surface area (Å²) in [5.41, 5.74) is 0.668. The molecule has 1 aromatic rings. The second-order valence-electron chi connectivity index (χ2n) is 4.98. The van der Waals surface area contributed by atoms with E-state index in [1.807, 2.05) is 0 Å². The number of benzene rings is 1. The second-order valence-corrected chi connectivity index (χ2v) is 4.98. The number of hydrogen-bond donors (Lipinski definition) is 3. The lowest BCUT2D eigenvalue weighted by molar-refractivity contribution is -0.122. The molecule has 1 aliphatic heterocycles. The molecule has 21 heavy (non-hydrogen) atoms. The Kier molecular flexibility index (Phi) is 5.57. The first-order valence-corrected chi connectivity index (χ1v) is 7.17. The Hall–Kier alpha value is -2.08. The minimum absolute atomic E-state index is 0.0295. The Balaban J connectivity index is 1.90. The third-order valence-electron chi connectivity index (χ3n) is 3.38. The minimum Gasteiger partial charge on any atom is -0.484 e. The van der Waals surface area contributed by atoms with Gasteiger partial charge in [-0.25, -0.2) is 0 Å². The first-order valence-electron chi connectivity index (χ1n) is 7.17. The van der Waals surface area contributed by atoms with Crippen LogP contribution in [-0.4, -0.2) is 38.1 Å². The zero-order chi connectivity index (χ0) is 15.1. The number of hydrogen-bond acceptors (Lipinski definition) is 4. The highest BCUT2D eigenvalue weighted by atomic mass is 16.5. The van der Waals surface area contributed by atoms with Crippen LogP contribution in [0.4, 0.5) is 5.69 Å². The zero-order valence-electron chi connectivity index (χ0n) is 12.1. The average Bonchev–Trinajstić information content (AvgIpc) is 2.53. The van der Waals surface area contributed by atoms with E-state index in [9.17, 15) is 9.59 Å². The number of amides is 2. The Bertz CT molecular complexity index is 499. The zero-order valence-corrected chi connectivity index (χ0v) is 12.1. The average molecular weight is 291 g/mol. The van der Waals surface area contributed by atoms with E-state index in [2.05, 4.69) is 16.0 Å². The van der Waals surface area contributed by atoms with Crippen LogP contribution in [0.25, 0.3) is 0 Å². The van der Waals surface area contributed by atoms with Crippen molar-refractivity contribution in [3.8, 4) is 5.75 Å². The summed E-state index contributed by atoms with van der Waals surface area (Å²) in [7, 11) is 1.56.